The molecule has 2 aromatic heterocycles. The molecule has 2 aliphatic carbocycles. The monoisotopic (exact) mass is 425 g/mol. The molecule has 4 nitrogen and oxygen atoms in total. The lowest BCUT2D eigenvalue weighted by Crippen LogP contribution is -2.46. The molecule has 1 fully saturated rings. The number of aryl methyl sites for hydroxylation is 1. The molecule has 0 aromatic carbocycles. The highest BCUT2D eigenvalue weighted by atomic mass is 35.5. The van der Waals surface area contributed by atoms with Crippen molar-refractivity contribution in [3.8, 4) is 0 Å². The fourth-order valence-electron chi connectivity index (χ4n) is 4.34. The molecule has 1 N–H and O–H groups in total. The van der Waals surface area contributed by atoms with Gasteiger partial charge in [0.1, 0.15) is 5.15 Å². The molecule has 2 aromatic rings. The summed E-state index contributed by atoms with van der Waals surface area (Å²) in [4.78, 5) is 22.5. The first-order chi connectivity index (χ1) is 13.4. The predicted molar refractivity (Wildman–Crippen MR) is 105 cm³/mol. The Morgan fingerprint density at radius 3 is 2.75 bits per heavy atom. The smallest absolute Gasteiger partial charge is 0.248 e. The van der Waals surface area contributed by atoms with Crippen molar-refractivity contribution in [1.29, 1.82) is 0 Å². The first kappa shape index (κ1) is 19.7. The largest absolute Gasteiger partial charge is 0.355 e. The van der Waals surface area contributed by atoms with Crippen molar-refractivity contribution in [2.24, 2.45) is 0 Å². The number of carbonyl (C=O) groups is 1. The van der Waals surface area contributed by atoms with Crippen LogP contribution in [0.1, 0.15) is 60.6 Å². The van der Waals surface area contributed by atoms with Crippen molar-refractivity contribution in [3.05, 3.63) is 45.1 Å². The number of thiazole rings is 1. The number of nitrogens with one attached hydrogen (secondary N) is 1. The standard InChI is InChI=1S/C20H22ClF2N3OS/c21-16-5-4-13(10-24-16)19(6-8-20(22,23)9-7-19)11-25-18(27)14-2-1-3-15-17(14)28-12-26-15/h4-5,10,12,14H,1-3,6-9,11H2,(H,25,27). The van der Waals surface area contributed by atoms with Crippen molar-refractivity contribution in [3.63, 3.8) is 0 Å². The molecule has 1 amide bonds. The molecule has 28 heavy (non-hydrogen) atoms. The van der Waals surface area contributed by atoms with Crippen LogP contribution in [0.15, 0.2) is 23.8 Å². The van der Waals surface area contributed by atoms with Crippen LogP contribution < -0.4 is 5.32 Å². The van der Waals surface area contributed by atoms with Crippen LogP contribution in [0, 0.1) is 0 Å². The second-order valence-corrected chi connectivity index (χ2v) is 9.11. The first-order valence-corrected chi connectivity index (χ1v) is 10.8. The third-order valence-electron chi connectivity index (χ3n) is 6.09. The lowest BCUT2D eigenvalue weighted by atomic mass is 9.68. The number of aromatic nitrogens is 2. The molecule has 1 atom stereocenters. The van der Waals surface area contributed by atoms with Gasteiger partial charge in [-0.3, -0.25) is 4.79 Å². The van der Waals surface area contributed by atoms with Gasteiger partial charge in [0.25, 0.3) is 0 Å². The Morgan fingerprint density at radius 1 is 1.25 bits per heavy atom. The molecule has 1 saturated carbocycles. The number of fused-ring (bicyclic) bond motifs is 1. The third kappa shape index (κ3) is 3.92. The van der Waals surface area contributed by atoms with Gasteiger partial charge in [-0.1, -0.05) is 17.7 Å². The summed E-state index contributed by atoms with van der Waals surface area (Å²) in [6, 6.07) is 3.52. The average molecular weight is 426 g/mol. The fourth-order valence-corrected chi connectivity index (χ4v) is 5.42. The molecule has 2 aliphatic rings. The third-order valence-corrected chi connectivity index (χ3v) is 7.30. The van der Waals surface area contributed by atoms with Gasteiger partial charge >= 0.3 is 0 Å². The van der Waals surface area contributed by atoms with Crippen LogP contribution in [0.2, 0.25) is 5.15 Å². The van der Waals surface area contributed by atoms with Crippen LogP contribution in [-0.2, 0) is 16.6 Å². The van der Waals surface area contributed by atoms with Gasteiger partial charge < -0.3 is 5.32 Å². The highest BCUT2D eigenvalue weighted by Gasteiger charge is 2.45. The number of hydrogen-bond acceptors (Lipinski definition) is 4. The van der Waals surface area contributed by atoms with E-state index >= 15 is 0 Å². The van der Waals surface area contributed by atoms with E-state index in [0.717, 1.165) is 35.4 Å². The first-order valence-electron chi connectivity index (χ1n) is 9.58. The van der Waals surface area contributed by atoms with Crippen molar-refractivity contribution < 1.29 is 13.6 Å². The molecule has 150 valence electrons. The molecule has 0 spiro atoms. The summed E-state index contributed by atoms with van der Waals surface area (Å²) in [6.45, 7) is 0.329. The van der Waals surface area contributed by atoms with Crippen LogP contribution in [-0.4, -0.2) is 28.3 Å². The summed E-state index contributed by atoms with van der Waals surface area (Å²) in [5, 5.41) is 3.43. The van der Waals surface area contributed by atoms with Gasteiger partial charge in [0.05, 0.1) is 17.1 Å². The van der Waals surface area contributed by atoms with E-state index in [9.17, 15) is 13.6 Å². The minimum Gasteiger partial charge on any atom is -0.355 e. The Morgan fingerprint density at radius 2 is 2.04 bits per heavy atom. The molecule has 0 saturated heterocycles. The minimum absolute atomic E-state index is 0.0381. The van der Waals surface area contributed by atoms with Crippen LogP contribution in [0.4, 0.5) is 8.78 Å². The van der Waals surface area contributed by atoms with E-state index in [4.69, 9.17) is 11.6 Å². The summed E-state index contributed by atoms with van der Waals surface area (Å²) in [7, 11) is 0. The lowest BCUT2D eigenvalue weighted by Gasteiger charge is -2.41. The van der Waals surface area contributed by atoms with E-state index in [2.05, 4.69) is 15.3 Å². The lowest BCUT2D eigenvalue weighted by molar-refractivity contribution is -0.123. The highest BCUT2D eigenvalue weighted by molar-refractivity contribution is 7.10. The quantitative estimate of drug-likeness (QED) is 0.710. The van der Waals surface area contributed by atoms with Crippen molar-refractivity contribution >= 4 is 28.8 Å². The average Bonchev–Trinajstić information content (AvgIpc) is 3.17. The fraction of sp³-hybridized carbons (Fsp3) is 0.550. The van der Waals surface area contributed by atoms with Gasteiger partial charge in [-0.25, -0.2) is 18.7 Å². The molecular formula is C20H22ClF2N3OS. The Balaban J connectivity index is 1.52. The molecule has 0 aliphatic heterocycles. The number of carbonyl (C=O) groups excluding carboxylic acids is 1. The Bertz CT molecular complexity index is 845. The highest BCUT2D eigenvalue weighted by Crippen LogP contribution is 2.45. The SMILES string of the molecule is O=C(NCC1(c2ccc(Cl)nc2)CCC(F)(F)CC1)C1CCCc2ncsc21. The molecule has 8 heteroatoms. The van der Waals surface area contributed by atoms with Gasteiger partial charge in [0, 0.05) is 35.9 Å². The second kappa shape index (κ2) is 7.67. The Hall–Kier alpha value is -1.60. The number of alkyl halides is 2. The van der Waals surface area contributed by atoms with E-state index in [1.165, 1.54) is 11.3 Å². The van der Waals surface area contributed by atoms with Gasteiger partial charge in [-0.15, -0.1) is 11.3 Å². The van der Waals surface area contributed by atoms with Crippen LogP contribution in [0.25, 0.3) is 0 Å². The summed E-state index contributed by atoms with van der Waals surface area (Å²) < 4.78 is 27.6. The van der Waals surface area contributed by atoms with Gasteiger partial charge in [-0.2, -0.15) is 0 Å². The summed E-state index contributed by atoms with van der Waals surface area (Å²) in [5.74, 6) is -2.88. The van der Waals surface area contributed by atoms with E-state index in [-0.39, 0.29) is 24.7 Å². The van der Waals surface area contributed by atoms with Gasteiger partial charge in [0.15, 0.2) is 0 Å². The number of amides is 1. The summed E-state index contributed by atoms with van der Waals surface area (Å²) >= 11 is 7.43. The zero-order valence-corrected chi connectivity index (χ0v) is 17.0. The number of nitrogens with zero attached hydrogens (tertiary/aromatic N) is 2. The number of rotatable bonds is 4. The Labute approximate surface area is 171 Å². The van der Waals surface area contributed by atoms with Gasteiger partial charge in [0.2, 0.25) is 11.8 Å². The summed E-state index contributed by atoms with van der Waals surface area (Å²) in [5.41, 5.74) is 3.13. The minimum atomic E-state index is -2.64. The van der Waals surface area contributed by atoms with Crippen LogP contribution >= 0.6 is 22.9 Å². The number of hydrogen-bond donors (Lipinski definition) is 1. The van der Waals surface area contributed by atoms with Crippen molar-refractivity contribution in [2.75, 3.05) is 6.54 Å². The molecule has 0 radical (unpaired) electrons. The molecule has 4 rings (SSSR count). The molecular weight excluding hydrogens is 404 g/mol. The topological polar surface area (TPSA) is 54.9 Å². The maximum Gasteiger partial charge on any atom is 0.248 e. The second-order valence-electron chi connectivity index (χ2n) is 7.83. The van der Waals surface area contributed by atoms with Crippen LogP contribution in [0.5, 0.6) is 0 Å². The summed E-state index contributed by atoms with van der Waals surface area (Å²) in [6.07, 6.45) is 4.54. The zero-order chi connectivity index (χ0) is 19.8. The van der Waals surface area contributed by atoms with Crippen molar-refractivity contribution in [1.82, 2.24) is 15.3 Å². The Kier molecular flexibility index (Phi) is 5.40. The van der Waals surface area contributed by atoms with Crippen molar-refractivity contribution in [2.45, 2.75) is 62.2 Å². The molecule has 1 unspecified atom stereocenters. The van der Waals surface area contributed by atoms with E-state index in [1.807, 2.05) is 6.07 Å². The van der Waals surface area contributed by atoms with E-state index in [0.29, 0.717) is 24.5 Å². The molecule has 0 bridgehead atoms. The van der Waals surface area contributed by atoms with Gasteiger partial charge in [-0.05, 0) is 43.7 Å². The predicted octanol–water partition coefficient (Wildman–Crippen LogP) is 4.87. The van der Waals surface area contributed by atoms with E-state index < -0.39 is 11.3 Å². The van der Waals surface area contributed by atoms with E-state index in [1.54, 1.807) is 17.8 Å². The normalized spacial score (nSPS) is 23.0. The van der Waals surface area contributed by atoms with Crippen LogP contribution in [0.3, 0.4) is 0 Å². The maximum absolute atomic E-state index is 13.8. The molecule has 2 heterocycles. The number of pyridine rings is 1. The zero-order valence-electron chi connectivity index (χ0n) is 15.4. The number of halogens is 3. The maximum atomic E-state index is 13.8.